The molecule has 2 heterocycles. The van der Waals surface area contributed by atoms with Crippen LogP contribution in [0.15, 0.2) is 52.9 Å². The third-order valence-corrected chi connectivity index (χ3v) is 4.25. The van der Waals surface area contributed by atoms with E-state index < -0.39 is 5.82 Å². The summed E-state index contributed by atoms with van der Waals surface area (Å²) in [5, 5.41) is 0. The minimum Gasteiger partial charge on any atom is -0.484 e. The Morgan fingerprint density at radius 2 is 2.04 bits per heavy atom. The second-order valence-electron chi connectivity index (χ2n) is 6.15. The van der Waals surface area contributed by atoms with Crippen LogP contribution in [0.25, 0.3) is 0 Å². The number of hydrogen-bond donors (Lipinski definition) is 0. The van der Waals surface area contributed by atoms with Crippen molar-refractivity contribution in [2.45, 2.75) is 20.0 Å². The molecule has 0 spiro atoms. The highest BCUT2D eigenvalue weighted by molar-refractivity contribution is 6.06. The first-order valence-electron chi connectivity index (χ1n) is 8.36. The standard InChI is InChI=1S/C20H17FN2O3/c1-13-7-8-17(15(21)11-13)23-10-9-16-19(20(23)24)26-18(22-16)12-25-14-5-3-2-4-6-14/h2-8,11H,9-10,12H2,1H3. The SMILES string of the molecule is Cc1ccc(N2CCc3nc(COc4ccccc4)oc3C2=O)c(F)c1. The van der Waals surface area contributed by atoms with E-state index >= 15 is 0 Å². The van der Waals surface area contributed by atoms with Crippen LogP contribution in [0.3, 0.4) is 0 Å². The molecule has 5 nitrogen and oxygen atoms in total. The van der Waals surface area contributed by atoms with Gasteiger partial charge in [-0.05, 0) is 36.8 Å². The topological polar surface area (TPSA) is 55.6 Å². The van der Waals surface area contributed by atoms with Crippen LogP contribution >= 0.6 is 0 Å². The number of hydrogen-bond acceptors (Lipinski definition) is 4. The summed E-state index contributed by atoms with van der Waals surface area (Å²) < 4.78 is 25.5. The van der Waals surface area contributed by atoms with Gasteiger partial charge in [-0.15, -0.1) is 0 Å². The summed E-state index contributed by atoms with van der Waals surface area (Å²) in [5.74, 6) is 0.376. The summed E-state index contributed by atoms with van der Waals surface area (Å²) in [6.45, 7) is 2.29. The molecule has 0 aliphatic carbocycles. The van der Waals surface area contributed by atoms with Gasteiger partial charge >= 0.3 is 0 Å². The smallest absolute Gasteiger partial charge is 0.296 e. The number of oxazole rings is 1. The van der Waals surface area contributed by atoms with Crippen LogP contribution in [0, 0.1) is 12.7 Å². The van der Waals surface area contributed by atoms with E-state index in [1.54, 1.807) is 19.1 Å². The van der Waals surface area contributed by atoms with Crippen molar-refractivity contribution in [2.24, 2.45) is 0 Å². The van der Waals surface area contributed by atoms with Crippen molar-refractivity contribution in [2.75, 3.05) is 11.4 Å². The maximum absolute atomic E-state index is 14.2. The molecule has 1 aromatic heterocycles. The van der Waals surface area contributed by atoms with Crippen molar-refractivity contribution in [1.29, 1.82) is 0 Å². The number of halogens is 1. The lowest BCUT2D eigenvalue weighted by Crippen LogP contribution is -2.37. The van der Waals surface area contributed by atoms with Crippen molar-refractivity contribution >= 4 is 11.6 Å². The monoisotopic (exact) mass is 352 g/mol. The van der Waals surface area contributed by atoms with Gasteiger partial charge in [0.05, 0.1) is 11.4 Å². The van der Waals surface area contributed by atoms with Gasteiger partial charge in [-0.1, -0.05) is 24.3 Å². The number of para-hydroxylation sites is 1. The molecule has 6 heteroatoms. The van der Waals surface area contributed by atoms with Gasteiger partial charge < -0.3 is 14.1 Å². The molecule has 1 aliphatic heterocycles. The lowest BCUT2D eigenvalue weighted by atomic mass is 10.1. The molecule has 0 atom stereocenters. The Morgan fingerprint density at radius 3 is 2.81 bits per heavy atom. The number of carbonyl (C=O) groups excluding carboxylic acids is 1. The number of anilines is 1. The quantitative estimate of drug-likeness (QED) is 0.714. The first kappa shape index (κ1) is 16.3. The third kappa shape index (κ3) is 3.06. The molecule has 26 heavy (non-hydrogen) atoms. The molecule has 0 saturated carbocycles. The lowest BCUT2D eigenvalue weighted by molar-refractivity contribution is 0.0947. The summed E-state index contributed by atoms with van der Waals surface area (Å²) in [6.07, 6.45) is 0.503. The minimum absolute atomic E-state index is 0.128. The van der Waals surface area contributed by atoms with Gasteiger partial charge in [-0.2, -0.15) is 0 Å². The zero-order valence-corrected chi connectivity index (χ0v) is 14.2. The predicted octanol–water partition coefficient (Wildman–Crippen LogP) is 3.90. The number of amides is 1. The van der Waals surface area contributed by atoms with E-state index in [0.29, 0.717) is 30.3 Å². The highest BCUT2D eigenvalue weighted by Crippen LogP contribution is 2.28. The number of fused-ring (bicyclic) bond motifs is 1. The molecule has 0 unspecified atom stereocenters. The van der Waals surface area contributed by atoms with Crippen LogP contribution in [-0.4, -0.2) is 17.4 Å². The Bertz CT molecular complexity index is 953. The molecular formula is C20H17FN2O3. The number of aromatic nitrogens is 1. The molecule has 1 amide bonds. The van der Waals surface area contributed by atoms with Crippen molar-refractivity contribution in [1.82, 2.24) is 4.98 Å². The zero-order valence-electron chi connectivity index (χ0n) is 14.2. The second kappa shape index (κ2) is 6.63. The minimum atomic E-state index is -0.422. The van der Waals surface area contributed by atoms with Crippen LogP contribution in [0.4, 0.5) is 10.1 Å². The second-order valence-corrected chi connectivity index (χ2v) is 6.15. The van der Waals surface area contributed by atoms with E-state index in [-0.39, 0.29) is 24.0 Å². The average molecular weight is 352 g/mol. The molecule has 0 N–H and O–H groups in total. The Hall–Kier alpha value is -3.15. The molecule has 1 aliphatic rings. The van der Waals surface area contributed by atoms with Crippen molar-refractivity contribution in [3.63, 3.8) is 0 Å². The van der Waals surface area contributed by atoms with Gasteiger partial charge in [0.15, 0.2) is 6.61 Å². The highest BCUT2D eigenvalue weighted by Gasteiger charge is 2.32. The molecule has 0 bridgehead atoms. The summed E-state index contributed by atoms with van der Waals surface area (Å²) in [5.41, 5.74) is 1.64. The number of rotatable bonds is 4. The molecule has 0 saturated heterocycles. The van der Waals surface area contributed by atoms with Crippen LogP contribution < -0.4 is 9.64 Å². The van der Waals surface area contributed by atoms with E-state index in [1.807, 2.05) is 30.3 Å². The highest BCUT2D eigenvalue weighted by atomic mass is 19.1. The van der Waals surface area contributed by atoms with Gasteiger partial charge in [0.25, 0.3) is 5.91 Å². The van der Waals surface area contributed by atoms with Crippen molar-refractivity contribution in [3.05, 3.63) is 77.3 Å². The van der Waals surface area contributed by atoms with E-state index in [2.05, 4.69) is 4.98 Å². The average Bonchev–Trinajstić information content (AvgIpc) is 3.06. The van der Waals surface area contributed by atoms with Gasteiger partial charge in [-0.3, -0.25) is 4.79 Å². The molecule has 132 valence electrons. The first-order chi connectivity index (χ1) is 12.6. The summed E-state index contributed by atoms with van der Waals surface area (Å²) in [7, 11) is 0. The predicted molar refractivity (Wildman–Crippen MR) is 93.8 cm³/mol. The third-order valence-electron chi connectivity index (χ3n) is 4.25. The number of nitrogens with zero attached hydrogens (tertiary/aromatic N) is 2. The maximum Gasteiger partial charge on any atom is 0.296 e. The summed E-state index contributed by atoms with van der Waals surface area (Å²) >= 11 is 0. The molecule has 4 rings (SSSR count). The molecule has 0 radical (unpaired) electrons. The molecule has 0 fully saturated rings. The van der Waals surface area contributed by atoms with E-state index in [9.17, 15) is 9.18 Å². The first-order valence-corrected chi connectivity index (χ1v) is 8.36. The van der Waals surface area contributed by atoms with Crippen LogP contribution in [-0.2, 0) is 13.0 Å². The van der Waals surface area contributed by atoms with Crippen molar-refractivity contribution in [3.8, 4) is 5.75 Å². The molecular weight excluding hydrogens is 335 g/mol. The van der Waals surface area contributed by atoms with E-state index in [4.69, 9.17) is 9.15 Å². The van der Waals surface area contributed by atoms with Crippen LogP contribution in [0.2, 0.25) is 0 Å². The number of ether oxygens (including phenoxy) is 1. The van der Waals surface area contributed by atoms with Gasteiger partial charge in [0, 0.05) is 13.0 Å². The fraction of sp³-hybridized carbons (Fsp3) is 0.200. The fourth-order valence-electron chi connectivity index (χ4n) is 2.96. The number of carbonyl (C=O) groups is 1. The molecule has 3 aromatic rings. The van der Waals surface area contributed by atoms with Gasteiger partial charge in [0.2, 0.25) is 11.7 Å². The summed E-state index contributed by atoms with van der Waals surface area (Å²) in [4.78, 5) is 18.5. The van der Waals surface area contributed by atoms with E-state index in [1.165, 1.54) is 11.0 Å². The Labute approximate surface area is 150 Å². The zero-order chi connectivity index (χ0) is 18.1. The normalized spacial score (nSPS) is 13.6. The van der Waals surface area contributed by atoms with Crippen LogP contribution in [0.1, 0.15) is 27.7 Å². The Kier molecular flexibility index (Phi) is 4.16. The fourth-order valence-corrected chi connectivity index (χ4v) is 2.96. The van der Waals surface area contributed by atoms with Gasteiger partial charge in [-0.25, -0.2) is 9.37 Å². The largest absolute Gasteiger partial charge is 0.484 e. The lowest BCUT2D eigenvalue weighted by Gasteiger charge is -2.25. The maximum atomic E-state index is 14.2. The Morgan fingerprint density at radius 1 is 1.23 bits per heavy atom. The van der Waals surface area contributed by atoms with Crippen molar-refractivity contribution < 1.29 is 18.3 Å². The Balaban J connectivity index is 1.54. The summed E-state index contributed by atoms with van der Waals surface area (Å²) in [6, 6.07) is 14.1. The van der Waals surface area contributed by atoms with Crippen LogP contribution in [0.5, 0.6) is 5.75 Å². The van der Waals surface area contributed by atoms with E-state index in [0.717, 1.165) is 5.56 Å². The number of benzene rings is 2. The van der Waals surface area contributed by atoms with Gasteiger partial charge in [0.1, 0.15) is 11.6 Å². The molecule has 2 aromatic carbocycles. The number of aryl methyl sites for hydroxylation is 1.